The third-order valence-corrected chi connectivity index (χ3v) is 7.67. The first-order valence-corrected chi connectivity index (χ1v) is 13.1. The van der Waals surface area contributed by atoms with Gasteiger partial charge in [-0.2, -0.15) is 0 Å². The fourth-order valence-corrected chi connectivity index (χ4v) is 5.84. The quantitative estimate of drug-likeness (QED) is 0.426. The van der Waals surface area contributed by atoms with Crippen molar-refractivity contribution in [3.05, 3.63) is 95.1 Å². The molecule has 3 aromatic carbocycles. The Balaban J connectivity index is 1.64. The van der Waals surface area contributed by atoms with E-state index in [0.717, 1.165) is 37.7 Å². The summed E-state index contributed by atoms with van der Waals surface area (Å²) in [6.45, 7) is 0. The van der Waals surface area contributed by atoms with Crippen molar-refractivity contribution >= 4 is 23.5 Å². The van der Waals surface area contributed by atoms with Crippen molar-refractivity contribution in [3.8, 4) is 5.75 Å². The second-order valence-corrected chi connectivity index (χ2v) is 9.81. The van der Waals surface area contributed by atoms with Gasteiger partial charge in [-0.05, 0) is 54.3 Å². The molecule has 7 heteroatoms. The fraction of sp³-hybridized carbons (Fsp3) is 0.323. The number of anilines is 1. The van der Waals surface area contributed by atoms with Crippen molar-refractivity contribution < 1.29 is 23.9 Å². The van der Waals surface area contributed by atoms with Crippen molar-refractivity contribution in [3.63, 3.8) is 0 Å². The highest BCUT2D eigenvalue weighted by Gasteiger charge is 2.46. The van der Waals surface area contributed by atoms with E-state index in [9.17, 15) is 14.4 Å². The molecular weight excluding hydrogens is 480 g/mol. The molecule has 0 spiro atoms. The Bertz CT molecular complexity index is 1330. The topological polar surface area (TPSA) is 84.9 Å². The number of amides is 2. The lowest BCUT2D eigenvalue weighted by Gasteiger charge is -2.46. The van der Waals surface area contributed by atoms with Gasteiger partial charge in [-0.1, -0.05) is 61.7 Å². The molecule has 2 atom stereocenters. The lowest BCUT2D eigenvalue weighted by Crippen LogP contribution is -2.51. The molecule has 196 valence electrons. The van der Waals surface area contributed by atoms with Crippen molar-refractivity contribution in [2.45, 2.75) is 50.1 Å². The number of hydrogen-bond acceptors (Lipinski definition) is 5. The Kier molecular flexibility index (Phi) is 7.45. The molecule has 0 radical (unpaired) electrons. The summed E-state index contributed by atoms with van der Waals surface area (Å²) in [7, 11) is 2.92. The largest absolute Gasteiger partial charge is 0.497 e. The molecule has 2 aliphatic rings. The van der Waals surface area contributed by atoms with E-state index < -0.39 is 17.9 Å². The number of rotatable bonds is 6. The molecule has 1 aliphatic heterocycles. The van der Waals surface area contributed by atoms with Gasteiger partial charge < -0.3 is 19.7 Å². The molecule has 7 nitrogen and oxygen atoms in total. The highest BCUT2D eigenvalue weighted by Crippen LogP contribution is 2.46. The Morgan fingerprint density at radius 1 is 0.868 bits per heavy atom. The Hall–Kier alpha value is -4.13. The number of carbonyl (C=O) groups is 3. The molecule has 0 aromatic heterocycles. The van der Waals surface area contributed by atoms with Crippen LogP contribution in [0.5, 0.6) is 5.75 Å². The summed E-state index contributed by atoms with van der Waals surface area (Å²) in [5, 5.41) is 2.99. The number of fused-ring (bicyclic) bond motifs is 1. The van der Waals surface area contributed by atoms with E-state index in [1.165, 1.54) is 7.11 Å². The first kappa shape index (κ1) is 25.5. The summed E-state index contributed by atoms with van der Waals surface area (Å²) >= 11 is 0. The lowest BCUT2D eigenvalue weighted by molar-refractivity contribution is -0.119. The summed E-state index contributed by atoms with van der Waals surface area (Å²) in [5.41, 5.74) is 2.73. The van der Waals surface area contributed by atoms with E-state index in [-0.39, 0.29) is 23.4 Å². The Morgan fingerprint density at radius 2 is 1.55 bits per heavy atom. The van der Waals surface area contributed by atoms with Crippen molar-refractivity contribution in [2.75, 3.05) is 19.5 Å². The van der Waals surface area contributed by atoms with Crippen molar-refractivity contribution in [2.24, 2.45) is 0 Å². The maximum atomic E-state index is 14.2. The smallest absolute Gasteiger partial charge is 0.339 e. The predicted octanol–water partition coefficient (Wildman–Crippen LogP) is 5.73. The third kappa shape index (κ3) is 4.76. The van der Waals surface area contributed by atoms with E-state index in [4.69, 9.17) is 9.47 Å². The van der Waals surface area contributed by atoms with Gasteiger partial charge in [0.15, 0.2) is 0 Å². The third-order valence-electron chi connectivity index (χ3n) is 7.67. The fourth-order valence-electron chi connectivity index (χ4n) is 5.84. The Morgan fingerprint density at radius 3 is 2.26 bits per heavy atom. The van der Waals surface area contributed by atoms with Gasteiger partial charge in [0.05, 0.1) is 37.4 Å². The van der Waals surface area contributed by atoms with Gasteiger partial charge >= 0.3 is 5.97 Å². The second-order valence-electron chi connectivity index (χ2n) is 9.81. The number of hydrogen-bond donors (Lipinski definition) is 1. The van der Waals surface area contributed by atoms with E-state index in [1.54, 1.807) is 37.4 Å². The SMILES string of the molecule is COC(=O)c1ccccc1NC(=O)C1c2ccccc2C(=O)N(C2CCCCC2)C1c1ccc(OC)cc1. The van der Waals surface area contributed by atoms with Crippen LogP contribution in [0.2, 0.25) is 0 Å². The molecule has 2 amide bonds. The van der Waals surface area contributed by atoms with E-state index in [0.29, 0.717) is 22.6 Å². The van der Waals surface area contributed by atoms with Crippen LogP contribution < -0.4 is 10.1 Å². The van der Waals surface area contributed by atoms with Gasteiger partial charge in [0.1, 0.15) is 5.75 Å². The van der Waals surface area contributed by atoms with Crippen LogP contribution in [0.3, 0.4) is 0 Å². The molecule has 0 bridgehead atoms. The zero-order chi connectivity index (χ0) is 26.6. The van der Waals surface area contributed by atoms with Crippen LogP contribution in [-0.4, -0.2) is 42.9 Å². The minimum Gasteiger partial charge on any atom is -0.497 e. The molecule has 2 unspecified atom stereocenters. The molecule has 1 heterocycles. The minimum atomic E-state index is -0.690. The second kappa shape index (κ2) is 11.1. The normalized spacial score (nSPS) is 19.4. The summed E-state index contributed by atoms with van der Waals surface area (Å²) in [4.78, 5) is 42.6. The molecule has 5 rings (SSSR count). The van der Waals surface area contributed by atoms with E-state index in [2.05, 4.69) is 5.32 Å². The van der Waals surface area contributed by atoms with Crippen LogP contribution in [-0.2, 0) is 9.53 Å². The molecule has 1 saturated carbocycles. The summed E-state index contributed by atoms with van der Waals surface area (Å²) in [6, 6.07) is 21.3. The van der Waals surface area contributed by atoms with E-state index in [1.807, 2.05) is 47.4 Å². The minimum absolute atomic E-state index is 0.0364. The monoisotopic (exact) mass is 512 g/mol. The molecule has 38 heavy (non-hydrogen) atoms. The number of para-hydroxylation sites is 1. The van der Waals surface area contributed by atoms with Crippen LogP contribution in [0, 0.1) is 0 Å². The standard InChI is InChI=1S/C31H32N2O5/c1-37-22-18-16-20(17-19-22)28-27(29(34)32-26-15-9-8-14-25(26)31(36)38-2)23-12-6-7-13-24(23)30(35)33(28)21-10-4-3-5-11-21/h6-9,12-19,21,27-28H,3-5,10-11H2,1-2H3,(H,32,34). The van der Waals surface area contributed by atoms with Gasteiger partial charge in [-0.25, -0.2) is 4.79 Å². The number of esters is 1. The van der Waals surface area contributed by atoms with Gasteiger partial charge in [-0.3, -0.25) is 9.59 Å². The average molecular weight is 513 g/mol. The zero-order valence-electron chi connectivity index (χ0n) is 21.7. The van der Waals surface area contributed by atoms with Crippen LogP contribution in [0.15, 0.2) is 72.8 Å². The Labute approximate surface area is 222 Å². The van der Waals surface area contributed by atoms with Crippen LogP contribution >= 0.6 is 0 Å². The van der Waals surface area contributed by atoms with Gasteiger partial charge in [0.25, 0.3) is 5.91 Å². The molecular formula is C31H32N2O5. The molecule has 0 saturated heterocycles. The van der Waals surface area contributed by atoms with Gasteiger partial charge in [-0.15, -0.1) is 0 Å². The van der Waals surface area contributed by atoms with Crippen LogP contribution in [0.1, 0.15) is 75.9 Å². The zero-order valence-corrected chi connectivity index (χ0v) is 21.7. The number of nitrogens with one attached hydrogen (secondary N) is 1. The highest BCUT2D eigenvalue weighted by molar-refractivity contribution is 6.07. The molecule has 3 aromatic rings. The maximum Gasteiger partial charge on any atom is 0.339 e. The first-order chi connectivity index (χ1) is 18.5. The van der Waals surface area contributed by atoms with Crippen molar-refractivity contribution in [1.29, 1.82) is 0 Å². The first-order valence-electron chi connectivity index (χ1n) is 13.1. The van der Waals surface area contributed by atoms with Gasteiger partial charge in [0.2, 0.25) is 5.91 Å². The number of methoxy groups -OCH3 is 2. The predicted molar refractivity (Wildman–Crippen MR) is 144 cm³/mol. The van der Waals surface area contributed by atoms with Crippen molar-refractivity contribution in [1.82, 2.24) is 4.90 Å². The summed E-state index contributed by atoms with van der Waals surface area (Å²) < 4.78 is 10.3. The molecule has 1 aliphatic carbocycles. The number of benzene rings is 3. The van der Waals surface area contributed by atoms with Gasteiger partial charge in [0, 0.05) is 11.6 Å². The van der Waals surface area contributed by atoms with E-state index >= 15 is 0 Å². The average Bonchev–Trinajstić information content (AvgIpc) is 2.97. The summed E-state index contributed by atoms with van der Waals surface area (Å²) in [5.74, 6) is -0.857. The number of ether oxygens (including phenoxy) is 2. The number of carbonyl (C=O) groups excluding carboxylic acids is 3. The molecule has 1 fully saturated rings. The van der Waals surface area contributed by atoms with Crippen LogP contribution in [0.4, 0.5) is 5.69 Å². The molecule has 1 N–H and O–H groups in total. The number of nitrogens with zero attached hydrogens (tertiary/aromatic N) is 1. The lowest BCUT2D eigenvalue weighted by atomic mass is 9.77. The highest BCUT2D eigenvalue weighted by atomic mass is 16.5. The van der Waals surface area contributed by atoms with Crippen LogP contribution in [0.25, 0.3) is 0 Å². The maximum absolute atomic E-state index is 14.2. The summed E-state index contributed by atoms with van der Waals surface area (Å²) in [6.07, 6.45) is 5.06.